The normalized spacial score (nSPS) is 13.0. The van der Waals surface area contributed by atoms with Crippen LogP contribution in [0.4, 0.5) is 5.69 Å². The minimum atomic E-state index is 0. The highest BCUT2D eigenvalue weighted by Gasteiger charge is 2.16. The number of fused-ring (bicyclic) bond motifs is 1. The first-order valence-electron chi connectivity index (χ1n) is 7.45. The smallest absolute Gasteiger partial charge is 0.193 e. The van der Waals surface area contributed by atoms with Crippen LogP contribution in [0.1, 0.15) is 5.56 Å². The number of halogens is 2. The predicted octanol–water partition coefficient (Wildman–Crippen LogP) is 3.66. The zero-order chi connectivity index (χ0) is 16.9. The lowest BCUT2D eigenvalue weighted by molar-refractivity contribution is 0.171. The molecule has 2 aromatic carbocycles. The molecule has 0 radical (unpaired) electrons. The third kappa shape index (κ3) is 4.82. The largest absolute Gasteiger partial charge is 0.495 e. The van der Waals surface area contributed by atoms with Crippen LogP contribution in [0.25, 0.3) is 0 Å². The molecule has 0 fully saturated rings. The molecule has 0 unspecified atom stereocenters. The average Bonchev–Trinajstić information content (AvgIpc) is 2.60. The molecule has 134 valence electrons. The van der Waals surface area contributed by atoms with Crippen LogP contribution >= 0.6 is 35.6 Å². The molecule has 6 nitrogen and oxygen atoms in total. The summed E-state index contributed by atoms with van der Waals surface area (Å²) in [5.74, 6) is 2.19. The number of rotatable bonds is 4. The zero-order valence-electron chi connectivity index (χ0n) is 13.6. The molecule has 0 aliphatic carbocycles. The molecular weight excluding hydrogens is 457 g/mol. The molecule has 0 spiro atoms. The second-order valence-corrected chi connectivity index (χ2v) is 5.54. The number of hydrogen-bond donors (Lipinski definition) is 2. The fourth-order valence-electron chi connectivity index (χ4n) is 2.36. The molecule has 3 rings (SSSR count). The predicted molar refractivity (Wildman–Crippen MR) is 110 cm³/mol. The van der Waals surface area contributed by atoms with E-state index in [0.717, 1.165) is 11.3 Å². The lowest BCUT2D eigenvalue weighted by Crippen LogP contribution is -2.23. The van der Waals surface area contributed by atoms with Gasteiger partial charge in [-0.3, -0.25) is 0 Å². The topological polar surface area (TPSA) is 78.1 Å². The standard InChI is InChI=1S/C17H18ClN3O3.HI/c1-22-14-5-3-2-4-13(14)21-17(19)20-10-11-8-12(18)16-15(9-11)23-6-7-24-16;/h2-5,8-9H,6-7,10H2,1H3,(H3,19,20,21);1H. The van der Waals surface area contributed by atoms with Gasteiger partial charge in [0.05, 0.1) is 24.4 Å². The highest BCUT2D eigenvalue weighted by Crippen LogP contribution is 2.38. The van der Waals surface area contributed by atoms with Gasteiger partial charge >= 0.3 is 0 Å². The van der Waals surface area contributed by atoms with Crippen molar-refractivity contribution in [3.05, 3.63) is 47.0 Å². The van der Waals surface area contributed by atoms with Gasteiger partial charge in [0, 0.05) is 0 Å². The highest BCUT2D eigenvalue weighted by atomic mass is 127. The van der Waals surface area contributed by atoms with Crippen molar-refractivity contribution in [3.63, 3.8) is 0 Å². The summed E-state index contributed by atoms with van der Waals surface area (Å²) in [7, 11) is 1.60. The van der Waals surface area contributed by atoms with Gasteiger partial charge in [-0.2, -0.15) is 0 Å². The monoisotopic (exact) mass is 475 g/mol. The fourth-order valence-corrected chi connectivity index (χ4v) is 2.65. The van der Waals surface area contributed by atoms with E-state index in [4.69, 9.17) is 31.5 Å². The maximum absolute atomic E-state index is 6.22. The van der Waals surface area contributed by atoms with Crippen molar-refractivity contribution in [1.82, 2.24) is 0 Å². The molecule has 0 amide bonds. The van der Waals surface area contributed by atoms with E-state index in [1.54, 1.807) is 13.2 Å². The van der Waals surface area contributed by atoms with E-state index in [9.17, 15) is 0 Å². The van der Waals surface area contributed by atoms with Crippen LogP contribution in [0, 0.1) is 0 Å². The minimum absolute atomic E-state index is 0. The first-order valence-corrected chi connectivity index (χ1v) is 7.83. The summed E-state index contributed by atoms with van der Waals surface area (Å²) >= 11 is 6.22. The Morgan fingerprint density at radius 1 is 1.28 bits per heavy atom. The van der Waals surface area contributed by atoms with Crippen molar-refractivity contribution in [1.29, 1.82) is 0 Å². The second-order valence-electron chi connectivity index (χ2n) is 5.13. The van der Waals surface area contributed by atoms with E-state index in [-0.39, 0.29) is 29.9 Å². The Bertz CT molecular complexity index is 771. The van der Waals surface area contributed by atoms with Gasteiger partial charge in [0.15, 0.2) is 17.5 Å². The molecule has 3 N–H and O–H groups in total. The number of nitrogens with one attached hydrogen (secondary N) is 1. The van der Waals surface area contributed by atoms with Crippen LogP contribution in [0.2, 0.25) is 5.02 Å². The number of nitrogens with two attached hydrogens (primary N) is 1. The first kappa shape index (κ1) is 19.5. The molecule has 1 aliphatic heterocycles. The Labute approximate surface area is 168 Å². The minimum Gasteiger partial charge on any atom is -0.495 e. The summed E-state index contributed by atoms with van der Waals surface area (Å²) in [6, 6.07) is 11.1. The van der Waals surface area contributed by atoms with Crippen molar-refractivity contribution in [2.75, 3.05) is 25.6 Å². The summed E-state index contributed by atoms with van der Waals surface area (Å²) < 4.78 is 16.3. The Kier molecular flexibility index (Phi) is 7.01. The van der Waals surface area contributed by atoms with Gasteiger partial charge in [0.2, 0.25) is 0 Å². The highest BCUT2D eigenvalue weighted by molar-refractivity contribution is 14.0. The van der Waals surface area contributed by atoms with E-state index >= 15 is 0 Å². The fraction of sp³-hybridized carbons (Fsp3) is 0.235. The lowest BCUT2D eigenvalue weighted by atomic mass is 10.2. The van der Waals surface area contributed by atoms with Crippen molar-refractivity contribution in [2.45, 2.75) is 6.54 Å². The number of guanidine groups is 1. The van der Waals surface area contributed by atoms with Crippen molar-refractivity contribution < 1.29 is 14.2 Å². The maximum atomic E-state index is 6.22. The van der Waals surface area contributed by atoms with Crippen LogP contribution in [0.5, 0.6) is 17.2 Å². The molecule has 0 saturated heterocycles. The number of para-hydroxylation sites is 2. The van der Waals surface area contributed by atoms with Gasteiger partial charge in [-0.1, -0.05) is 23.7 Å². The number of benzene rings is 2. The van der Waals surface area contributed by atoms with Crippen LogP contribution in [0.15, 0.2) is 41.4 Å². The van der Waals surface area contributed by atoms with Crippen LogP contribution in [-0.4, -0.2) is 26.3 Å². The summed E-state index contributed by atoms with van der Waals surface area (Å²) in [6.45, 7) is 1.37. The van der Waals surface area contributed by atoms with Crippen LogP contribution < -0.4 is 25.3 Å². The van der Waals surface area contributed by atoms with Gasteiger partial charge in [0.1, 0.15) is 19.0 Å². The van der Waals surface area contributed by atoms with Gasteiger partial charge in [-0.25, -0.2) is 4.99 Å². The van der Waals surface area contributed by atoms with E-state index in [0.29, 0.717) is 42.0 Å². The van der Waals surface area contributed by atoms with Gasteiger partial charge in [-0.15, -0.1) is 24.0 Å². The second kappa shape index (κ2) is 9.00. The quantitative estimate of drug-likeness (QED) is 0.401. The number of anilines is 1. The summed E-state index contributed by atoms with van der Waals surface area (Å²) in [5.41, 5.74) is 7.58. The molecule has 1 heterocycles. The number of nitrogens with zero attached hydrogens (tertiary/aromatic N) is 1. The SMILES string of the molecule is COc1ccccc1NC(N)=NCc1cc(Cl)c2c(c1)OCCO2.I. The third-order valence-corrected chi connectivity index (χ3v) is 3.74. The third-order valence-electron chi connectivity index (χ3n) is 3.46. The zero-order valence-corrected chi connectivity index (χ0v) is 16.7. The average molecular weight is 476 g/mol. The first-order chi connectivity index (χ1) is 11.7. The van der Waals surface area contributed by atoms with Gasteiger partial charge in [0.25, 0.3) is 0 Å². The molecule has 8 heteroatoms. The summed E-state index contributed by atoms with van der Waals surface area (Å²) in [5, 5.41) is 3.53. The molecule has 1 aliphatic rings. The van der Waals surface area contributed by atoms with Crippen LogP contribution in [-0.2, 0) is 6.54 Å². The maximum Gasteiger partial charge on any atom is 0.193 e. The number of ether oxygens (including phenoxy) is 3. The van der Waals surface area contributed by atoms with Gasteiger partial charge < -0.3 is 25.3 Å². The number of hydrogen-bond acceptors (Lipinski definition) is 4. The Balaban J connectivity index is 0.00000225. The number of aliphatic imine (C=N–C) groups is 1. The van der Waals surface area contributed by atoms with Crippen LogP contribution in [0.3, 0.4) is 0 Å². The van der Waals surface area contributed by atoms with Crippen molar-refractivity contribution in [3.8, 4) is 17.2 Å². The Morgan fingerprint density at radius 3 is 2.84 bits per heavy atom. The molecule has 0 saturated carbocycles. The van der Waals surface area contributed by atoms with E-state index in [2.05, 4.69) is 10.3 Å². The van der Waals surface area contributed by atoms with Crippen molar-refractivity contribution >= 4 is 47.2 Å². The van der Waals surface area contributed by atoms with E-state index in [1.165, 1.54) is 0 Å². The van der Waals surface area contributed by atoms with Gasteiger partial charge in [-0.05, 0) is 29.8 Å². The molecule has 0 aromatic heterocycles. The number of methoxy groups -OCH3 is 1. The Hall–Kier alpha value is -1.87. The molecular formula is C17H19ClIN3O3. The lowest BCUT2D eigenvalue weighted by Gasteiger charge is -2.20. The molecule has 0 bridgehead atoms. The molecule has 0 atom stereocenters. The van der Waals surface area contributed by atoms with E-state index in [1.807, 2.05) is 30.3 Å². The van der Waals surface area contributed by atoms with E-state index < -0.39 is 0 Å². The molecule has 2 aromatic rings. The summed E-state index contributed by atoms with van der Waals surface area (Å²) in [4.78, 5) is 4.33. The molecule has 25 heavy (non-hydrogen) atoms. The Morgan fingerprint density at radius 2 is 2.04 bits per heavy atom. The summed E-state index contributed by atoms with van der Waals surface area (Å²) in [6.07, 6.45) is 0. The van der Waals surface area contributed by atoms with Crippen molar-refractivity contribution in [2.24, 2.45) is 10.7 Å².